The molecule has 0 saturated heterocycles. The van der Waals surface area contributed by atoms with Crippen molar-refractivity contribution in [2.24, 2.45) is 0 Å². The Morgan fingerprint density at radius 3 is 2.18 bits per heavy atom. The Kier molecular flexibility index (Phi) is 6.17. The van der Waals surface area contributed by atoms with Crippen molar-refractivity contribution in [3.05, 3.63) is 101 Å². The van der Waals surface area contributed by atoms with Gasteiger partial charge in [0.15, 0.2) is 9.84 Å². The zero-order valence-corrected chi connectivity index (χ0v) is 16.9. The second kappa shape index (κ2) is 8.59. The van der Waals surface area contributed by atoms with Gasteiger partial charge in [0.2, 0.25) is 0 Å². The zero-order valence-electron chi connectivity index (χ0n) is 15.3. The average molecular weight is 414 g/mol. The molecule has 1 amide bonds. The van der Waals surface area contributed by atoms with Gasteiger partial charge in [-0.15, -0.1) is 0 Å². The Morgan fingerprint density at radius 2 is 1.57 bits per heavy atom. The van der Waals surface area contributed by atoms with Gasteiger partial charge in [0.1, 0.15) is 0 Å². The number of benzene rings is 3. The van der Waals surface area contributed by atoms with E-state index in [1.807, 2.05) is 60.7 Å². The van der Waals surface area contributed by atoms with Crippen molar-refractivity contribution in [3.63, 3.8) is 0 Å². The van der Waals surface area contributed by atoms with Gasteiger partial charge in [-0.1, -0.05) is 72.3 Å². The van der Waals surface area contributed by atoms with Crippen LogP contribution in [0.1, 0.15) is 27.5 Å². The number of hydrogen-bond donors (Lipinski definition) is 1. The molecule has 0 spiro atoms. The Morgan fingerprint density at radius 1 is 0.964 bits per heavy atom. The average Bonchev–Trinajstić information content (AvgIpc) is 2.68. The van der Waals surface area contributed by atoms with Crippen molar-refractivity contribution in [2.45, 2.75) is 17.4 Å². The van der Waals surface area contributed by atoms with E-state index < -0.39 is 15.7 Å². The number of halogens is 1. The van der Waals surface area contributed by atoms with Gasteiger partial charge in [0.25, 0.3) is 5.91 Å². The van der Waals surface area contributed by atoms with Crippen molar-refractivity contribution in [2.75, 3.05) is 6.26 Å². The van der Waals surface area contributed by atoms with E-state index in [-0.39, 0.29) is 21.5 Å². The van der Waals surface area contributed by atoms with E-state index in [0.717, 1.165) is 17.4 Å². The van der Waals surface area contributed by atoms with Crippen LogP contribution >= 0.6 is 11.6 Å². The molecule has 144 valence electrons. The lowest BCUT2D eigenvalue weighted by Crippen LogP contribution is -2.30. The van der Waals surface area contributed by atoms with Gasteiger partial charge in [0, 0.05) is 6.26 Å². The molecule has 0 unspecified atom stereocenters. The Labute approximate surface area is 170 Å². The number of carbonyl (C=O) groups is 1. The molecule has 4 nitrogen and oxygen atoms in total. The fourth-order valence-corrected chi connectivity index (χ4v) is 3.78. The molecule has 0 aliphatic heterocycles. The maximum absolute atomic E-state index is 12.9. The lowest BCUT2D eigenvalue weighted by atomic mass is 9.98. The summed E-state index contributed by atoms with van der Waals surface area (Å²) in [6.45, 7) is 0. The summed E-state index contributed by atoms with van der Waals surface area (Å²) in [6.07, 6.45) is 1.69. The highest BCUT2D eigenvalue weighted by molar-refractivity contribution is 7.90. The third-order valence-electron chi connectivity index (χ3n) is 4.40. The number of carbonyl (C=O) groups excluding carboxylic acids is 1. The second-order valence-electron chi connectivity index (χ2n) is 6.54. The molecule has 1 atom stereocenters. The Bertz CT molecular complexity index is 1070. The van der Waals surface area contributed by atoms with Crippen molar-refractivity contribution < 1.29 is 13.2 Å². The van der Waals surface area contributed by atoms with Crippen LogP contribution in [0.5, 0.6) is 0 Å². The van der Waals surface area contributed by atoms with Crippen LogP contribution in [-0.4, -0.2) is 20.6 Å². The molecule has 3 rings (SSSR count). The number of rotatable bonds is 6. The summed E-state index contributed by atoms with van der Waals surface area (Å²) in [5.74, 6) is -0.416. The van der Waals surface area contributed by atoms with Gasteiger partial charge in [-0.05, 0) is 35.7 Å². The molecule has 0 aliphatic carbocycles. The first-order valence-electron chi connectivity index (χ1n) is 8.74. The molecule has 6 heteroatoms. The van der Waals surface area contributed by atoms with Crippen LogP contribution in [0.2, 0.25) is 5.02 Å². The fourth-order valence-electron chi connectivity index (χ4n) is 2.93. The zero-order chi connectivity index (χ0) is 20.1. The van der Waals surface area contributed by atoms with Crippen LogP contribution in [0.3, 0.4) is 0 Å². The maximum Gasteiger partial charge on any atom is 0.253 e. The number of hydrogen-bond acceptors (Lipinski definition) is 3. The summed E-state index contributed by atoms with van der Waals surface area (Å²) in [4.78, 5) is 13.0. The van der Waals surface area contributed by atoms with Gasteiger partial charge in [-0.25, -0.2) is 8.42 Å². The molecule has 3 aromatic rings. The summed E-state index contributed by atoms with van der Waals surface area (Å²) >= 11 is 6.18. The van der Waals surface area contributed by atoms with Crippen LogP contribution < -0.4 is 5.32 Å². The van der Waals surface area contributed by atoms with E-state index in [4.69, 9.17) is 11.6 Å². The fraction of sp³-hybridized carbons (Fsp3) is 0.136. The minimum Gasteiger partial charge on any atom is -0.345 e. The summed E-state index contributed by atoms with van der Waals surface area (Å²) < 4.78 is 23.7. The van der Waals surface area contributed by atoms with Crippen molar-refractivity contribution >= 4 is 27.3 Å². The molecule has 1 N–H and O–H groups in total. The molecular formula is C22H20ClNO3S. The van der Waals surface area contributed by atoms with Crippen LogP contribution in [0.25, 0.3) is 0 Å². The minimum absolute atomic E-state index is 0.0568. The van der Waals surface area contributed by atoms with Gasteiger partial charge in [-0.2, -0.15) is 0 Å². The third kappa shape index (κ3) is 5.00. The molecule has 0 saturated carbocycles. The molecule has 28 heavy (non-hydrogen) atoms. The highest BCUT2D eigenvalue weighted by Crippen LogP contribution is 2.23. The molecule has 0 heterocycles. The van der Waals surface area contributed by atoms with Gasteiger partial charge >= 0.3 is 0 Å². The SMILES string of the molecule is CS(=O)(=O)c1ccc(Cl)c(C(=O)N[C@@H](Cc2ccccc2)c2ccccc2)c1. The summed E-state index contributed by atoms with van der Waals surface area (Å²) in [5, 5.41) is 3.20. The van der Waals surface area contributed by atoms with E-state index in [1.165, 1.54) is 18.2 Å². The molecule has 0 aromatic heterocycles. The largest absolute Gasteiger partial charge is 0.345 e. The predicted molar refractivity (Wildman–Crippen MR) is 111 cm³/mol. The third-order valence-corrected chi connectivity index (χ3v) is 5.84. The summed E-state index contributed by atoms with van der Waals surface area (Å²) in [6, 6.07) is 23.3. The van der Waals surface area contributed by atoms with E-state index >= 15 is 0 Å². The monoisotopic (exact) mass is 413 g/mol. The van der Waals surface area contributed by atoms with E-state index in [0.29, 0.717) is 6.42 Å². The van der Waals surface area contributed by atoms with Crippen molar-refractivity contribution in [3.8, 4) is 0 Å². The lowest BCUT2D eigenvalue weighted by Gasteiger charge is -2.20. The molecule has 0 radical (unpaired) electrons. The number of nitrogens with one attached hydrogen (secondary N) is 1. The molecule has 0 fully saturated rings. The lowest BCUT2D eigenvalue weighted by molar-refractivity contribution is 0.0936. The van der Waals surface area contributed by atoms with E-state index in [2.05, 4.69) is 5.32 Å². The standard InChI is InChI=1S/C22H20ClNO3S/c1-28(26,27)18-12-13-20(23)19(15-18)22(25)24-21(17-10-6-3-7-11-17)14-16-8-4-2-5-9-16/h2-13,15,21H,14H2,1H3,(H,24,25)/t21-/m0/s1. The summed E-state index contributed by atoms with van der Waals surface area (Å²) in [5.41, 5.74) is 2.17. The second-order valence-corrected chi connectivity index (χ2v) is 8.96. The Balaban J connectivity index is 1.91. The molecule has 0 aliphatic rings. The minimum atomic E-state index is -3.44. The quantitative estimate of drug-likeness (QED) is 0.649. The van der Waals surface area contributed by atoms with Crippen molar-refractivity contribution in [1.82, 2.24) is 5.32 Å². The molecular weight excluding hydrogens is 394 g/mol. The first kappa shape index (κ1) is 20.1. The van der Waals surface area contributed by atoms with Gasteiger partial charge in [-0.3, -0.25) is 4.79 Å². The van der Waals surface area contributed by atoms with Crippen LogP contribution in [0, 0.1) is 0 Å². The Hall–Kier alpha value is -2.63. The highest BCUT2D eigenvalue weighted by atomic mass is 35.5. The van der Waals surface area contributed by atoms with Gasteiger partial charge in [0.05, 0.1) is 21.5 Å². The summed E-state index contributed by atoms with van der Waals surface area (Å²) in [7, 11) is -3.44. The normalized spacial score (nSPS) is 12.4. The highest BCUT2D eigenvalue weighted by Gasteiger charge is 2.20. The first-order valence-corrected chi connectivity index (χ1v) is 11.0. The maximum atomic E-state index is 12.9. The van der Waals surface area contributed by atoms with E-state index in [9.17, 15) is 13.2 Å². The topological polar surface area (TPSA) is 63.2 Å². The van der Waals surface area contributed by atoms with Crippen LogP contribution in [-0.2, 0) is 16.3 Å². The first-order chi connectivity index (χ1) is 13.3. The molecule has 0 bridgehead atoms. The smallest absolute Gasteiger partial charge is 0.253 e. The van der Waals surface area contributed by atoms with E-state index in [1.54, 1.807) is 0 Å². The predicted octanol–water partition coefficient (Wildman–Crippen LogP) is 4.46. The van der Waals surface area contributed by atoms with Crippen molar-refractivity contribution in [1.29, 1.82) is 0 Å². The van der Waals surface area contributed by atoms with Crippen LogP contribution in [0.15, 0.2) is 83.8 Å². The molecule has 3 aromatic carbocycles. The number of sulfone groups is 1. The van der Waals surface area contributed by atoms with Gasteiger partial charge < -0.3 is 5.32 Å². The number of amides is 1. The van der Waals surface area contributed by atoms with Crippen LogP contribution in [0.4, 0.5) is 0 Å².